The lowest BCUT2D eigenvalue weighted by Crippen LogP contribution is -2.30. The van der Waals surface area contributed by atoms with Crippen molar-refractivity contribution in [2.45, 2.75) is 51.6 Å². The third-order valence-electron chi connectivity index (χ3n) is 6.42. The molecule has 0 unspecified atom stereocenters. The van der Waals surface area contributed by atoms with Gasteiger partial charge in [0.05, 0.1) is 5.56 Å². The second kappa shape index (κ2) is 10.9. The number of anilines is 2. The molecule has 35 heavy (non-hydrogen) atoms. The first-order valence-electron chi connectivity index (χ1n) is 12.2. The molecule has 1 amide bonds. The summed E-state index contributed by atoms with van der Waals surface area (Å²) in [5.74, 6) is 0.939. The molecule has 1 aliphatic heterocycles. The molecule has 3 heterocycles. The monoisotopic (exact) mass is 473 g/mol. The van der Waals surface area contributed by atoms with Gasteiger partial charge in [-0.2, -0.15) is 0 Å². The molecule has 2 aromatic heterocycles. The van der Waals surface area contributed by atoms with Gasteiger partial charge in [0.1, 0.15) is 12.4 Å². The van der Waals surface area contributed by atoms with Crippen molar-refractivity contribution >= 4 is 17.4 Å². The highest BCUT2D eigenvalue weighted by Crippen LogP contribution is 2.24. The van der Waals surface area contributed by atoms with Gasteiger partial charge in [-0.1, -0.05) is 32.9 Å². The fraction of sp³-hybridized carbons (Fsp3) is 0.393. The van der Waals surface area contributed by atoms with Crippen LogP contribution in [0.25, 0.3) is 0 Å². The molecule has 0 radical (unpaired) electrons. The Kier molecular flexibility index (Phi) is 7.66. The number of likely N-dealkylation sites (tertiary alicyclic amines) is 1. The molecule has 4 rings (SSSR count). The third-order valence-corrected chi connectivity index (χ3v) is 6.42. The fourth-order valence-corrected chi connectivity index (χ4v) is 4.18. The average molecular weight is 474 g/mol. The highest BCUT2D eigenvalue weighted by molar-refractivity contribution is 6.07. The fourth-order valence-electron chi connectivity index (χ4n) is 4.18. The van der Waals surface area contributed by atoms with E-state index in [1.807, 2.05) is 36.4 Å². The van der Waals surface area contributed by atoms with Crippen molar-refractivity contribution < 1.29 is 9.53 Å². The number of pyridine rings is 2. The Morgan fingerprint density at radius 3 is 2.63 bits per heavy atom. The zero-order valence-electron chi connectivity index (χ0n) is 21.0. The molecule has 0 aliphatic carbocycles. The van der Waals surface area contributed by atoms with E-state index in [0.29, 0.717) is 36.5 Å². The second-order valence-electron chi connectivity index (χ2n) is 10.1. The number of amides is 1. The molecule has 184 valence electrons. The van der Waals surface area contributed by atoms with Crippen LogP contribution in [0.4, 0.5) is 11.5 Å². The van der Waals surface area contributed by atoms with Crippen LogP contribution < -0.4 is 15.4 Å². The van der Waals surface area contributed by atoms with E-state index in [1.165, 1.54) is 12.0 Å². The lowest BCUT2D eigenvalue weighted by Gasteiger charge is -2.19. The number of rotatable bonds is 8. The van der Waals surface area contributed by atoms with Crippen LogP contribution in [0, 0.1) is 0 Å². The summed E-state index contributed by atoms with van der Waals surface area (Å²) in [5, 5.41) is 6.27. The molecule has 0 saturated carbocycles. The first-order chi connectivity index (χ1) is 16.8. The molecule has 2 N–H and O–H groups in total. The molecule has 7 heteroatoms. The quantitative estimate of drug-likeness (QED) is 0.473. The number of hydrogen-bond acceptors (Lipinski definition) is 6. The zero-order chi connectivity index (χ0) is 24.8. The zero-order valence-corrected chi connectivity index (χ0v) is 21.0. The van der Waals surface area contributed by atoms with Crippen molar-refractivity contribution in [2.24, 2.45) is 0 Å². The van der Waals surface area contributed by atoms with E-state index in [0.717, 1.165) is 24.2 Å². The Labute approximate surface area is 207 Å². The lowest BCUT2D eigenvalue weighted by molar-refractivity contribution is 0.102. The van der Waals surface area contributed by atoms with Gasteiger partial charge >= 0.3 is 0 Å². The molecular formula is C28H35N5O2. The summed E-state index contributed by atoms with van der Waals surface area (Å²) in [5.41, 5.74) is 3.52. The number of nitrogens with zero attached hydrogens (tertiary/aromatic N) is 3. The summed E-state index contributed by atoms with van der Waals surface area (Å²) in [6.45, 7) is 8.76. The van der Waals surface area contributed by atoms with E-state index in [2.05, 4.69) is 53.3 Å². The van der Waals surface area contributed by atoms with Crippen molar-refractivity contribution in [3.05, 3.63) is 77.6 Å². The molecule has 1 aromatic carbocycles. The molecule has 1 fully saturated rings. The number of aromatic nitrogens is 2. The van der Waals surface area contributed by atoms with Crippen LogP contribution in [-0.4, -0.2) is 47.0 Å². The van der Waals surface area contributed by atoms with E-state index >= 15 is 0 Å². The van der Waals surface area contributed by atoms with E-state index in [4.69, 9.17) is 4.74 Å². The summed E-state index contributed by atoms with van der Waals surface area (Å²) in [6.07, 6.45) is 5.79. The van der Waals surface area contributed by atoms with Crippen LogP contribution in [0.1, 0.15) is 55.1 Å². The van der Waals surface area contributed by atoms with Crippen molar-refractivity contribution in [1.29, 1.82) is 0 Å². The van der Waals surface area contributed by atoms with Gasteiger partial charge in [0.15, 0.2) is 0 Å². The lowest BCUT2D eigenvalue weighted by atomic mass is 9.87. The Morgan fingerprint density at radius 1 is 1.11 bits per heavy atom. The van der Waals surface area contributed by atoms with Crippen molar-refractivity contribution in [1.82, 2.24) is 14.9 Å². The van der Waals surface area contributed by atoms with Crippen molar-refractivity contribution in [3.63, 3.8) is 0 Å². The minimum atomic E-state index is -0.205. The minimum absolute atomic E-state index is 0.0632. The van der Waals surface area contributed by atoms with Crippen molar-refractivity contribution in [3.8, 4) is 5.88 Å². The van der Waals surface area contributed by atoms with Gasteiger partial charge in [0.25, 0.3) is 5.91 Å². The Hall–Kier alpha value is -3.45. The van der Waals surface area contributed by atoms with E-state index in [1.54, 1.807) is 24.5 Å². The Balaban J connectivity index is 1.37. The third kappa shape index (κ3) is 6.57. The first-order valence-corrected chi connectivity index (χ1v) is 12.2. The molecule has 1 aliphatic rings. The standard InChI is InChI=1S/C28H35N5O2/c1-28(2,3)21-9-11-22(12-10-21)32-27(34)24-8-5-14-30-26(24)31-18-20-13-15-29-25(17-20)35-19-23-7-6-16-33(23)4/h5,8-15,17,23H,6-7,16,18-19H2,1-4H3,(H,30,31)(H,32,34)/t23-/m1/s1. The van der Waals surface area contributed by atoms with Crippen LogP contribution in [-0.2, 0) is 12.0 Å². The van der Waals surface area contributed by atoms with Gasteiger partial charge in [-0.25, -0.2) is 9.97 Å². The smallest absolute Gasteiger partial charge is 0.259 e. The number of ether oxygens (including phenoxy) is 1. The second-order valence-corrected chi connectivity index (χ2v) is 10.1. The summed E-state index contributed by atoms with van der Waals surface area (Å²) in [4.78, 5) is 24.1. The van der Waals surface area contributed by atoms with E-state index < -0.39 is 0 Å². The summed E-state index contributed by atoms with van der Waals surface area (Å²) in [6, 6.07) is 15.8. The normalized spacial score (nSPS) is 16.2. The first kappa shape index (κ1) is 24.7. The summed E-state index contributed by atoms with van der Waals surface area (Å²) < 4.78 is 5.95. The number of hydrogen-bond donors (Lipinski definition) is 2. The number of carbonyl (C=O) groups is 1. The van der Waals surface area contributed by atoms with Gasteiger partial charge in [0.2, 0.25) is 5.88 Å². The maximum Gasteiger partial charge on any atom is 0.259 e. The Bertz CT molecular complexity index is 1140. The predicted octanol–water partition coefficient (Wildman–Crippen LogP) is 5.11. The van der Waals surface area contributed by atoms with E-state index in [-0.39, 0.29) is 11.3 Å². The van der Waals surface area contributed by atoms with Gasteiger partial charge in [-0.05, 0) is 73.3 Å². The van der Waals surface area contributed by atoms with Gasteiger partial charge < -0.3 is 20.3 Å². The maximum atomic E-state index is 13.0. The number of benzene rings is 1. The van der Waals surface area contributed by atoms with Crippen molar-refractivity contribution in [2.75, 3.05) is 30.8 Å². The van der Waals surface area contributed by atoms with Gasteiger partial charge in [0, 0.05) is 36.7 Å². The van der Waals surface area contributed by atoms with Crippen LogP contribution in [0.5, 0.6) is 5.88 Å². The average Bonchev–Trinajstić information content (AvgIpc) is 3.26. The SMILES string of the molecule is CN1CCC[C@@H]1COc1cc(CNc2ncccc2C(=O)Nc2ccc(C(C)(C)C)cc2)ccn1. The predicted molar refractivity (Wildman–Crippen MR) is 140 cm³/mol. The van der Waals surface area contributed by atoms with Crippen LogP contribution in [0.3, 0.4) is 0 Å². The Morgan fingerprint density at radius 2 is 1.91 bits per heavy atom. The molecule has 0 bridgehead atoms. The minimum Gasteiger partial charge on any atom is -0.476 e. The molecular weight excluding hydrogens is 438 g/mol. The van der Waals surface area contributed by atoms with Crippen LogP contribution in [0.15, 0.2) is 60.9 Å². The maximum absolute atomic E-state index is 13.0. The highest BCUT2D eigenvalue weighted by atomic mass is 16.5. The largest absolute Gasteiger partial charge is 0.476 e. The van der Waals surface area contributed by atoms with Crippen LogP contribution in [0.2, 0.25) is 0 Å². The molecule has 1 atom stereocenters. The summed E-state index contributed by atoms with van der Waals surface area (Å²) in [7, 11) is 2.14. The van der Waals surface area contributed by atoms with E-state index in [9.17, 15) is 4.79 Å². The molecule has 7 nitrogen and oxygen atoms in total. The molecule has 0 spiro atoms. The highest BCUT2D eigenvalue weighted by Gasteiger charge is 2.21. The van der Waals surface area contributed by atoms with Crippen LogP contribution >= 0.6 is 0 Å². The molecule has 1 saturated heterocycles. The number of nitrogens with one attached hydrogen (secondary N) is 2. The number of likely N-dealkylation sites (N-methyl/N-ethyl adjacent to an activating group) is 1. The van der Waals surface area contributed by atoms with Gasteiger partial charge in [-0.15, -0.1) is 0 Å². The van der Waals surface area contributed by atoms with Gasteiger partial charge in [-0.3, -0.25) is 4.79 Å². The topological polar surface area (TPSA) is 79.4 Å². The number of carbonyl (C=O) groups excluding carboxylic acids is 1. The molecule has 3 aromatic rings. The summed E-state index contributed by atoms with van der Waals surface area (Å²) >= 11 is 0.